The molecule has 0 spiro atoms. The molecule has 0 amide bonds. The lowest BCUT2D eigenvalue weighted by Gasteiger charge is -2.25. The van der Waals surface area contributed by atoms with Crippen molar-refractivity contribution in [3.63, 3.8) is 0 Å². The zero-order chi connectivity index (χ0) is 20.2. The molecule has 0 radical (unpaired) electrons. The highest BCUT2D eigenvalue weighted by Crippen LogP contribution is 2.22. The Labute approximate surface area is 166 Å². The SMILES string of the molecule is COc1ccc(CNS(=O)(=O)c2ccc(S(=O)(=O)N3CCCCC3)cc2)cc1. The summed E-state index contributed by atoms with van der Waals surface area (Å²) in [5.74, 6) is 0.692. The second-order valence-electron chi connectivity index (χ2n) is 6.61. The van der Waals surface area contributed by atoms with Crippen molar-refractivity contribution in [1.29, 1.82) is 0 Å². The maximum absolute atomic E-state index is 12.7. The number of hydrogen-bond acceptors (Lipinski definition) is 5. The van der Waals surface area contributed by atoms with Gasteiger partial charge in [-0.3, -0.25) is 0 Å². The van der Waals surface area contributed by atoms with Crippen LogP contribution in [0.2, 0.25) is 0 Å². The molecule has 0 atom stereocenters. The molecule has 0 aliphatic carbocycles. The van der Waals surface area contributed by atoms with E-state index in [0.29, 0.717) is 18.8 Å². The number of hydrogen-bond donors (Lipinski definition) is 1. The monoisotopic (exact) mass is 424 g/mol. The van der Waals surface area contributed by atoms with Crippen LogP contribution < -0.4 is 9.46 Å². The van der Waals surface area contributed by atoms with Gasteiger partial charge in [-0.1, -0.05) is 18.6 Å². The smallest absolute Gasteiger partial charge is 0.243 e. The standard InChI is InChI=1S/C19H24N2O5S2/c1-26-17-7-5-16(6-8-17)15-20-27(22,23)18-9-11-19(12-10-18)28(24,25)21-13-3-2-4-14-21/h5-12,20H,2-4,13-15H2,1H3. The van der Waals surface area contributed by atoms with E-state index in [-0.39, 0.29) is 16.3 Å². The minimum atomic E-state index is -3.75. The van der Waals surface area contributed by atoms with Crippen LogP contribution in [0.1, 0.15) is 24.8 Å². The summed E-state index contributed by atoms with van der Waals surface area (Å²) >= 11 is 0. The number of methoxy groups -OCH3 is 1. The quantitative estimate of drug-likeness (QED) is 0.737. The first-order valence-electron chi connectivity index (χ1n) is 9.06. The minimum absolute atomic E-state index is 0.0265. The summed E-state index contributed by atoms with van der Waals surface area (Å²) in [4.78, 5) is 0.141. The fourth-order valence-electron chi connectivity index (χ4n) is 3.05. The average Bonchev–Trinajstić information content (AvgIpc) is 2.73. The highest BCUT2D eigenvalue weighted by Gasteiger charge is 2.26. The van der Waals surface area contributed by atoms with Gasteiger partial charge in [0, 0.05) is 19.6 Å². The van der Waals surface area contributed by atoms with Crippen LogP contribution in [0.3, 0.4) is 0 Å². The Morgan fingerprint density at radius 2 is 1.43 bits per heavy atom. The van der Waals surface area contributed by atoms with Gasteiger partial charge in [-0.2, -0.15) is 4.31 Å². The lowest BCUT2D eigenvalue weighted by atomic mass is 10.2. The summed E-state index contributed by atoms with van der Waals surface area (Å²) in [5, 5.41) is 0. The summed E-state index contributed by atoms with van der Waals surface area (Å²) in [6.45, 7) is 1.14. The van der Waals surface area contributed by atoms with Crippen LogP contribution in [0.15, 0.2) is 58.3 Å². The number of benzene rings is 2. The van der Waals surface area contributed by atoms with Crippen LogP contribution >= 0.6 is 0 Å². The molecule has 0 bridgehead atoms. The molecule has 7 nitrogen and oxygen atoms in total. The van der Waals surface area contributed by atoms with E-state index in [9.17, 15) is 16.8 Å². The molecular formula is C19H24N2O5S2. The van der Waals surface area contributed by atoms with Crippen molar-refractivity contribution in [3.8, 4) is 5.75 Å². The van der Waals surface area contributed by atoms with Gasteiger partial charge < -0.3 is 4.74 Å². The molecular weight excluding hydrogens is 400 g/mol. The van der Waals surface area contributed by atoms with E-state index < -0.39 is 20.0 Å². The number of piperidine rings is 1. The van der Waals surface area contributed by atoms with Crippen LogP contribution in [-0.4, -0.2) is 41.3 Å². The van der Waals surface area contributed by atoms with E-state index >= 15 is 0 Å². The predicted molar refractivity (Wildman–Crippen MR) is 106 cm³/mol. The lowest BCUT2D eigenvalue weighted by molar-refractivity contribution is 0.346. The summed E-state index contributed by atoms with van der Waals surface area (Å²) in [6.07, 6.45) is 2.73. The summed E-state index contributed by atoms with van der Waals surface area (Å²) < 4.78 is 59.4. The Balaban J connectivity index is 1.70. The maximum atomic E-state index is 12.7. The third-order valence-electron chi connectivity index (χ3n) is 4.71. The van der Waals surface area contributed by atoms with Gasteiger partial charge in [-0.25, -0.2) is 21.6 Å². The molecule has 1 aliphatic rings. The van der Waals surface area contributed by atoms with E-state index in [1.807, 2.05) is 0 Å². The van der Waals surface area contributed by atoms with E-state index in [4.69, 9.17) is 4.74 Å². The normalized spacial score (nSPS) is 16.0. The van der Waals surface area contributed by atoms with Gasteiger partial charge in [-0.05, 0) is 54.8 Å². The van der Waals surface area contributed by atoms with Crippen LogP contribution in [0.4, 0.5) is 0 Å². The van der Waals surface area contributed by atoms with Gasteiger partial charge in [0.15, 0.2) is 0 Å². The summed E-state index contributed by atoms with van der Waals surface area (Å²) in [7, 11) is -5.77. The first-order valence-corrected chi connectivity index (χ1v) is 12.0. The molecule has 2 aromatic carbocycles. The number of sulfonamides is 2. The number of nitrogens with zero attached hydrogens (tertiary/aromatic N) is 1. The van der Waals surface area contributed by atoms with Crippen LogP contribution in [-0.2, 0) is 26.6 Å². The molecule has 1 saturated heterocycles. The largest absolute Gasteiger partial charge is 0.497 e. The van der Waals surface area contributed by atoms with Crippen LogP contribution in [0.25, 0.3) is 0 Å². The molecule has 1 fully saturated rings. The Bertz CT molecular complexity index is 995. The number of nitrogens with one attached hydrogen (secondary N) is 1. The minimum Gasteiger partial charge on any atom is -0.497 e. The molecule has 0 unspecified atom stereocenters. The zero-order valence-corrected chi connectivity index (χ0v) is 17.3. The number of rotatable bonds is 7. The Morgan fingerprint density at radius 1 is 0.857 bits per heavy atom. The van der Waals surface area contributed by atoms with Crippen LogP contribution in [0.5, 0.6) is 5.75 Å². The van der Waals surface area contributed by atoms with E-state index in [1.165, 1.54) is 28.6 Å². The molecule has 28 heavy (non-hydrogen) atoms. The van der Waals surface area contributed by atoms with E-state index in [0.717, 1.165) is 24.8 Å². The highest BCUT2D eigenvalue weighted by molar-refractivity contribution is 7.89. The fourth-order valence-corrected chi connectivity index (χ4v) is 5.58. The third-order valence-corrected chi connectivity index (χ3v) is 8.04. The third kappa shape index (κ3) is 4.72. The molecule has 152 valence electrons. The fraction of sp³-hybridized carbons (Fsp3) is 0.368. The van der Waals surface area contributed by atoms with Crippen molar-refractivity contribution in [1.82, 2.24) is 9.03 Å². The van der Waals surface area contributed by atoms with Gasteiger partial charge in [-0.15, -0.1) is 0 Å². The Morgan fingerprint density at radius 3 is 2.00 bits per heavy atom. The van der Waals surface area contributed by atoms with E-state index in [1.54, 1.807) is 31.4 Å². The second-order valence-corrected chi connectivity index (χ2v) is 10.3. The van der Waals surface area contributed by atoms with Crippen molar-refractivity contribution in [2.45, 2.75) is 35.6 Å². The summed E-state index contributed by atoms with van der Waals surface area (Å²) in [6, 6.07) is 12.4. The molecule has 9 heteroatoms. The predicted octanol–water partition coefficient (Wildman–Crippen LogP) is 2.35. The van der Waals surface area contributed by atoms with E-state index in [2.05, 4.69) is 4.72 Å². The second kappa shape index (κ2) is 8.60. The lowest BCUT2D eigenvalue weighted by Crippen LogP contribution is -2.35. The molecule has 1 aliphatic heterocycles. The first kappa shape index (κ1) is 20.8. The number of ether oxygens (including phenoxy) is 1. The summed E-state index contributed by atoms with van der Waals surface area (Å²) in [5.41, 5.74) is 0.786. The maximum Gasteiger partial charge on any atom is 0.243 e. The van der Waals surface area contributed by atoms with Crippen molar-refractivity contribution < 1.29 is 21.6 Å². The molecule has 1 N–H and O–H groups in total. The molecule has 3 rings (SSSR count). The first-order chi connectivity index (χ1) is 13.3. The van der Waals surface area contributed by atoms with Crippen molar-refractivity contribution in [3.05, 3.63) is 54.1 Å². The van der Waals surface area contributed by atoms with Crippen LogP contribution in [0, 0.1) is 0 Å². The molecule has 2 aromatic rings. The van der Waals surface area contributed by atoms with Crippen molar-refractivity contribution in [2.75, 3.05) is 20.2 Å². The Hall–Kier alpha value is -1.94. The van der Waals surface area contributed by atoms with Gasteiger partial charge in [0.25, 0.3) is 0 Å². The van der Waals surface area contributed by atoms with Crippen molar-refractivity contribution >= 4 is 20.0 Å². The molecule has 1 heterocycles. The zero-order valence-electron chi connectivity index (χ0n) is 15.7. The van der Waals surface area contributed by atoms with Gasteiger partial charge in [0.05, 0.1) is 16.9 Å². The molecule has 0 aromatic heterocycles. The van der Waals surface area contributed by atoms with Gasteiger partial charge in [0.1, 0.15) is 5.75 Å². The van der Waals surface area contributed by atoms with Gasteiger partial charge in [0.2, 0.25) is 20.0 Å². The van der Waals surface area contributed by atoms with Gasteiger partial charge >= 0.3 is 0 Å². The Kier molecular flexibility index (Phi) is 6.39. The molecule has 0 saturated carbocycles. The average molecular weight is 425 g/mol. The topological polar surface area (TPSA) is 92.8 Å². The van der Waals surface area contributed by atoms with Crippen molar-refractivity contribution in [2.24, 2.45) is 0 Å². The highest BCUT2D eigenvalue weighted by atomic mass is 32.2.